The first-order valence-electron chi connectivity index (χ1n) is 5.64. The summed E-state index contributed by atoms with van der Waals surface area (Å²) >= 11 is 0. The summed E-state index contributed by atoms with van der Waals surface area (Å²) in [6, 6.07) is 8.03. The normalized spacial score (nSPS) is 12.6. The monoisotopic (exact) mass is 238 g/mol. The van der Waals surface area contributed by atoms with Gasteiger partial charge in [0.05, 0.1) is 0 Å². The van der Waals surface area contributed by atoms with E-state index in [9.17, 15) is 0 Å². The van der Waals surface area contributed by atoms with Crippen LogP contribution in [0.1, 0.15) is 19.4 Å². The molecule has 0 radical (unpaired) electrons. The van der Waals surface area contributed by atoms with E-state index >= 15 is 0 Å². The largest absolute Gasteiger partial charge is 0.464 e. The lowest BCUT2D eigenvalue weighted by atomic mass is 10.2. The zero-order valence-electron chi connectivity index (χ0n) is 11.1. The number of benzene rings is 1. The predicted molar refractivity (Wildman–Crippen MR) is 70.3 cm³/mol. The van der Waals surface area contributed by atoms with Crippen LogP contribution in [0.4, 0.5) is 0 Å². The van der Waals surface area contributed by atoms with Crippen molar-refractivity contribution < 1.29 is 9.16 Å². The topological polar surface area (TPSA) is 18.5 Å². The summed E-state index contributed by atoms with van der Waals surface area (Å²) in [5.74, 6) is 0.307. The van der Waals surface area contributed by atoms with Crippen molar-refractivity contribution in [3.8, 4) is 5.75 Å². The first kappa shape index (κ1) is 13.3. The van der Waals surface area contributed by atoms with Gasteiger partial charge in [-0.05, 0) is 58.1 Å². The van der Waals surface area contributed by atoms with Gasteiger partial charge in [-0.2, -0.15) is 0 Å². The minimum atomic E-state index is -1.59. The first-order valence-corrected chi connectivity index (χ1v) is 9.05. The van der Waals surface area contributed by atoms with E-state index in [-0.39, 0.29) is 0 Å². The summed E-state index contributed by atoms with van der Waals surface area (Å²) in [5, 5.41) is 0. The highest BCUT2D eigenvalue weighted by Crippen LogP contribution is 2.23. The van der Waals surface area contributed by atoms with E-state index in [1.165, 1.54) is 5.56 Å². The molecule has 0 heterocycles. The number of ether oxygens (including phenoxy) is 1. The Morgan fingerprint density at radius 3 is 2.25 bits per heavy atom. The van der Waals surface area contributed by atoms with Gasteiger partial charge in [-0.25, -0.2) is 0 Å². The molecule has 3 heteroatoms. The van der Waals surface area contributed by atoms with E-state index in [4.69, 9.17) is 9.16 Å². The zero-order valence-corrected chi connectivity index (χ0v) is 12.1. The van der Waals surface area contributed by atoms with Gasteiger partial charge in [0.1, 0.15) is 5.75 Å². The molecule has 16 heavy (non-hydrogen) atoms. The second kappa shape index (κ2) is 4.59. The number of hydrogen-bond acceptors (Lipinski definition) is 2. The molecule has 0 N–H and O–H groups in total. The van der Waals surface area contributed by atoms with E-state index in [1.54, 1.807) is 0 Å². The quantitative estimate of drug-likeness (QED) is 0.584. The summed E-state index contributed by atoms with van der Waals surface area (Å²) in [4.78, 5) is 0. The Bertz CT molecular complexity index is 353. The Balaban J connectivity index is 2.72. The van der Waals surface area contributed by atoms with E-state index in [0.717, 1.165) is 5.75 Å². The predicted octanol–water partition coefficient (Wildman–Crippen LogP) is 3.96. The van der Waals surface area contributed by atoms with Crippen LogP contribution >= 0.6 is 0 Å². The lowest BCUT2D eigenvalue weighted by Crippen LogP contribution is -2.42. The average molecular weight is 238 g/mol. The summed E-state index contributed by atoms with van der Waals surface area (Å²) < 4.78 is 11.9. The highest BCUT2D eigenvalue weighted by Gasteiger charge is 2.28. The Morgan fingerprint density at radius 1 is 1.12 bits per heavy atom. The van der Waals surface area contributed by atoms with Crippen LogP contribution in [0.3, 0.4) is 0 Å². The number of hydrogen-bond donors (Lipinski definition) is 0. The fraction of sp³-hybridized carbons (Fsp3) is 0.538. The van der Waals surface area contributed by atoms with Gasteiger partial charge in [-0.15, -0.1) is 0 Å². The molecular formula is C13H22O2Si. The molecule has 1 aromatic rings. The third-order valence-corrected chi connectivity index (χ3v) is 3.01. The molecule has 0 atom stereocenters. The smallest absolute Gasteiger partial charge is 0.195 e. The molecule has 0 aromatic heterocycles. The van der Waals surface area contributed by atoms with Gasteiger partial charge in [0.25, 0.3) is 0 Å². The van der Waals surface area contributed by atoms with Gasteiger partial charge in [0.15, 0.2) is 14.1 Å². The van der Waals surface area contributed by atoms with Gasteiger partial charge in [-0.3, -0.25) is 0 Å². The van der Waals surface area contributed by atoms with Crippen LogP contribution < -0.4 is 4.74 Å². The van der Waals surface area contributed by atoms with Gasteiger partial charge in [-0.1, -0.05) is 12.1 Å². The van der Waals surface area contributed by atoms with Crippen molar-refractivity contribution in [1.82, 2.24) is 0 Å². The van der Waals surface area contributed by atoms with Crippen molar-refractivity contribution in [2.75, 3.05) is 0 Å². The molecule has 0 aliphatic heterocycles. The number of aryl methyl sites for hydroxylation is 1. The molecule has 1 aromatic carbocycles. The minimum Gasteiger partial charge on any atom is -0.464 e. The van der Waals surface area contributed by atoms with Crippen LogP contribution in [0.5, 0.6) is 5.75 Å². The van der Waals surface area contributed by atoms with Crippen molar-refractivity contribution in [3.63, 3.8) is 0 Å². The van der Waals surface area contributed by atoms with E-state index in [1.807, 2.05) is 32.0 Å². The fourth-order valence-electron chi connectivity index (χ4n) is 1.72. The first-order chi connectivity index (χ1) is 7.18. The van der Waals surface area contributed by atoms with Gasteiger partial charge >= 0.3 is 0 Å². The molecule has 0 saturated heterocycles. The maximum Gasteiger partial charge on any atom is 0.195 e. The molecule has 90 valence electrons. The average Bonchev–Trinajstić information content (AvgIpc) is 1.96. The van der Waals surface area contributed by atoms with E-state index < -0.39 is 14.1 Å². The maximum absolute atomic E-state index is 5.99. The van der Waals surface area contributed by atoms with Gasteiger partial charge < -0.3 is 9.16 Å². The highest BCUT2D eigenvalue weighted by atomic mass is 28.4. The molecule has 2 nitrogen and oxygen atoms in total. The maximum atomic E-state index is 5.99. The summed E-state index contributed by atoms with van der Waals surface area (Å²) in [6.07, 6.45) is 0. The minimum absolute atomic E-state index is 0.557. The lowest BCUT2D eigenvalue weighted by molar-refractivity contribution is -0.0877. The van der Waals surface area contributed by atoms with Crippen molar-refractivity contribution in [3.05, 3.63) is 29.8 Å². The molecule has 1 rings (SSSR count). The van der Waals surface area contributed by atoms with Crippen LogP contribution in [0.25, 0.3) is 0 Å². The number of rotatable bonds is 4. The SMILES string of the molecule is Cc1cccc(OC(C)(C)O[Si](C)(C)C)c1. The molecule has 0 fully saturated rings. The molecule has 0 bridgehead atoms. The van der Waals surface area contributed by atoms with E-state index in [2.05, 4.69) is 32.6 Å². The lowest BCUT2D eigenvalue weighted by Gasteiger charge is -2.33. The van der Waals surface area contributed by atoms with Crippen molar-refractivity contribution in [1.29, 1.82) is 0 Å². The molecule has 0 spiro atoms. The molecule has 0 unspecified atom stereocenters. The third kappa shape index (κ3) is 4.81. The molecule has 0 aliphatic rings. The van der Waals surface area contributed by atoms with Crippen LogP contribution in [0.2, 0.25) is 19.6 Å². The zero-order chi connectivity index (χ0) is 12.4. The second-order valence-corrected chi connectivity index (χ2v) is 9.96. The summed E-state index contributed by atoms with van der Waals surface area (Å²) in [5.41, 5.74) is 1.20. The van der Waals surface area contributed by atoms with Gasteiger partial charge in [0, 0.05) is 0 Å². The van der Waals surface area contributed by atoms with Crippen molar-refractivity contribution in [2.24, 2.45) is 0 Å². The second-order valence-electron chi connectivity index (χ2n) is 5.53. The molecule has 0 aliphatic carbocycles. The standard InChI is InChI=1S/C13H22O2Si/c1-11-8-7-9-12(10-11)14-13(2,3)15-16(4,5)6/h7-10H,1-6H3. The summed E-state index contributed by atoms with van der Waals surface area (Å²) in [6.45, 7) is 12.5. The Kier molecular flexibility index (Phi) is 3.81. The molecular weight excluding hydrogens is 216 g/mol. The Labute approximate surface area is 99.7 Å². The van der Waals surface area contributed by atoms with Crippen LogP contribution in [0, 0.1) is 6.92 Å². The van der Waals surface area contributed by atoms with Crippen LogP contribution in [0.15, 0.2) is 24.3 Å². The summed E-state index contributed by atoms with van der Waals surface area (Å²) in [7, 11) is -1.59. The highest BCUT2D eigenvalue weighted by molar-refractivity contribution is 6.69. The van der Waals surface area contributed by atoms with Crippen molar-refractivity contribution in [2.45, 2.75) is 46.2 Å². The Morgan fingerprint density at radius 2 is 1.75 bits per heavy atom. The Hall–Kier alpha value is -0.803. The third-order valence-electron chi connectivity index (χ3n) is 1.91. The fourth-order valence-corrected chi connectivity index (χ4v) is 3.24. The van der Waals surface area contributed by atoms with Gasteiger partial charge in [0.2, 0.25) is 0 Å². The van der Waals surface area contributed by atoms with Crippen molar-refractivity contribution >= 4 is 8.32 Å². The van der Waals surface area contributed by atoms with Crippen LogP contribution in [-0.2, 0) is 4.43 Å². The molecule has 0 saturated carbocycles. The van der Waals surface area contributed by atoms with Crippen LogP contribution in [-0.4, -0.2) is 14.1 Å². The van der Waals surface area contributed by atoms with E-state index in [0.29, 0.717) is 0 Å². The molecule has 0 amide bonds.